The fourth-order valence-corrected chi connectivity index (χ4v) is 2.91. The maximum atomic E-state index is 6.27. The lowest BCUT2D eigenvalue weighted by Crippen LogP contribution is -2.01. The van der Waals surface area contributed by atoms with Crippen molar-refractivity contribution in [2.45, 2.75) is 26.7 Å². The van der Waals surface area contributed by atoms with Crippen LogP contribution in [-0.2, 0) is 0 Å². The smallest absolute Gasteiger partial charge is 0.134 e. The van der Waals surface area contributed by atoms with Crippen LogP contribution in [0.4, 0.5) is 0 Å². The summed E-state index contributed by atoms with van der Waals surface area (Å²) in [4.78, 5) is 0. The number of benzene rings is 3. The van der Waals surface area contributed by atoms with Gasteiger partial charge in [-0.25, -0.2) is 0 Å². The molecule has 0 radical (unpaired) electrons. The van der Waals surface area contributed by atoms with E-state index in [4.69, 9.17) is 4.74 Å². The van der Waals surface area contributed by atoms with Gasteiger partial charge in [0.2, 0.25) is 0 Å². The molecule has 0 N–H and O–H groups in total. The Balaban J connectivity index is 2.15. The fourth-order valence-electron chi connectivity index (χ4n) is 2.91. The lowest BCUT2D eigenvalue weighted by atomic mass is 9.95. The number of hydrogen-bond donors (Lipinski definition) is 0. The Kier molecular flexibility index (Phi) is 5.32. The minimum atomic E-state index is 0.749. The summed E-state index contributed by atoms with van der Waals surface area (Å²) in [6, 6.07) is 25.5. The van der Waals surface area contributed by atoms with Crippen LogP contribution in [0.1, 0.15) is 25.3 Å². The second-order valence-electron chi connectivity index (χ2n) is 6.12. The Bertz CT molecular complexity index is 715. The molecule has 0 aliphatic rings. The van der Waals surface area contributed by atoms with Crippen LogP contribution in [0.25, 0.3) is 22.3 Å². The van der Waals surface area contributed by atoms with Gasteiger partial charge in [0.25, 0.3) is 0 Å². The molecule has 0 spiro atoms. The van der Waals surface area contributed by atoms with E-state index in [9.17, 15) is 0 Å². The predicted octanol–water partition coefficient (Wildman–Crippen LogP) is 6.51. The molecule has 0 aromatic heterocycles. The van der Waals surface area contributed by atoms with Crippen molar-refractivity contribution in [2.24, 2.45) is 0 Å². The highest BCUT2D eigenvalue weighted by atomic mass is 16.5. The molecule has 0 amide bonds. The topological polar surface area (TPSA) is 9.23 Å². The number of aryl methyl sites for hydroxylation is 1. The van der Waals surface area contributed by atoms with Gasteiger partial charge in [0.05, 0.1) is 6.61 Å². The third kappa shape index (κ3) is 3.68. The highest BCUT2D eigenvalue weighted by Gasteiger charge is 2.14. The van der Waals surface area contributed by atoms with Crippen molar-refractivity contribution >= 4 is 0 Å². The molecule has 3 aromatic carbocycles. The van der Waals surface area contributed by atoms with Crippen LogP contribution >= 0.6 is 0 Å². The van der Waals surface area contributed by atoms with Crippen LogP contribution in [0.15, 0.2) is 72.8 Å². The molecular formula is C23H24O. The molecule has 0 saturated carbocycles. The molecule has 122 valence electrons. The van der Waals surface area contributed by atoms with Crippen molar-refractivity contribution in [3.8, 4) is 28.0 Å². The lowest BCUT2D eigenvalue weighted by Gasteiger charge is -2.18. The van der Waals surface area contributed by atoms with Gasteiger partial charge in [0.1, 0.15) is 5.75 Å². The molecular weight excluding hydrogens is 292 g/mol. The number of hydrogen-bond acceptors (Lipinski definition) is 1. The summed E-state index contributed by atoms with van der Waals surface area (Å²) >= 11 is 0. The van der Waals surface area contributed by atoms with Crippen molar-refractivity contribution in [1.29, 1.82) is 0 Å². The lowest BCUT2D eigenvalue weighted by molar-refractivity contribution is 0.312. The van der Waals surface area contributed by atoms with Gasteiger partial charge in [-0.05, 0) is 42.2 Å². The highest BCUT2D eigenvalue weighted by Crippen LogP contribution is 2.40. The normalized spacial score (nSPS) is 10.6. The summed E-state index contributed by atoms with van der Waals surface area (Å²) in [5.41, 5.74) is 5.99. The predicted molar refractivity (Wildman–Crippen MR) is 102 cm³/mol. The van der Waals surface area contributed by atoms with Crippen molar-refractivity contribution in [3.05, 3.63) is 78.4 Å². The molecule has 0 aliphatic heterocycles. The van der Waals surface area contributed by atoms with Gasteiger partial charge in [-0.2, -0.15) is 0 Å². The van der Waals surface area contributed by atoms with Crippen molar-refractivity contribution in [1.82, 2.24) is 0 Å². The second kappa shape index (κ2) is 7.83. The minimum Gasteiger partial charge on any atom is -0.492 e. The Morgan fingerprint density at radius 2 is 1.25 bits per heavy atom. The molecule has 1 heteroatoms. The van der Waals surface area contributed by atoms with Gasteiger partial charge >= 0.3 is 0 Å². The zero-order valence-corrected chi connectivity index (χ0v) is 14.5. The van der Waals surface area contributed by atoms with Gasteiger partial charge in [-0.15, -0.1) is 0 Å². The van der Waals surface area contributed by atoms with Crippen LogP contribution in [0.3, 0.4) is 0 Å². The zero-order valence-electron chi connectivity index (χ0n) is 14.5. The Hall–Kier alpha value is -2.54. The summed E-state index contributed by atoms with van der Waals surface area (Å²) in [6.07, 6.45) is 2.20. The molecule has 0 aliphatic carbocycles. The maximum absolute atomic E-state index is 6.27. The first-order chi connectivity index (χ1) is 11.8. The van der Waals surface area contributed by atoms with Crippen LogP contribution in [-0.4, -0.2) is 6.61 Å². The van der Waals surface area contributed by atoms with E-state index >= 15 is 0 Å². The average Bonchev–Trinajstić information content (AvgIpc) is 2.64. The van der Waals surface area contributed by atoms with Gasteiger partial charge in [-0.3, -0.25) is 0 Å². The summed E-state index contributed by atoms with van der Waals surface area (Å²) in [5, 5.41) is 0. The monoisotopic (exact) mass is 316 g/mol. The van der Waals surface area contributed by atoms with Crippen molar-refractivity contribution < 1.29 is 4.74 Å². The van der Waals surface area contributed by atoms with Gasteiger partial charge in [0.15, 0.2) is 0 Å². The molecule has 0 atom stereocenters. The first-order valence-electron chi connectivity index (χ1n) is 8.68. The van der Waals surface area contributed by atoms with Gasteiger partial charge < -0.3 is 4.74 Å². The number of unbranched alkanes of at least 4 members (excludes halogenated alkanes) is 1. The first-order valence-corrected chi connectivity index (χ1v) is 8.68. The van der Waals surface area contributed by atoms with Gasteiger partial charge in [0, 0.05) is 11.1 Å². The third-order valence-corrected chi connectivity index (χ3v) is 4.15. The summed E-state index contributed by atoms with van der Waals surface area (Å²) in [6.45, 7) is 5.09. The van der Waals surface area contributed by atoms with E-state index in [1.165, 1.54) is 27.8 Å². The largest absolute Gasteiger partial charge is 0.492 e. The van der Waals surface area contributed by atoms with Crippen LogP contribution in [0.2, 0.25) is 0 Å². The molecule has 0 unspecified atom stereocenters. The van der Waals surface area contributed by atoms with E-state index in [0.717, 1.165) is 25.2 Å². The molecule has 3 rings (SSSR count). The molecule has 3 aromatic rings. The van der Waals surface area contributed by atoms with Gasteiger partial charge in [-0.1, -0.05) is 74.0 Å². The van der Waals surface area contributed by atoms with Crippen LogP contribution < -0.4 is 4.74 Å². The number of ether oxygens (including phenoxy) is 1. The van der Waals surface area contributed by atoms with E-state index < -0.39 is 0 Å². The van der Waals surface area contributed by atoms with Crippen molar-refractivity contribution in [3.63, 3.8) is 0 Å². The maximum Gasteiger partial charge on any atom is 0.134 e. The van der Waals surface area contributed by atoms with Crippen LogP contribution in [0.5, 0.6) is 5.75 Å². The second-order valence-corrected chi connectivity index (χ2v) is 6.12. The molecule has 0 bridgehead atoms. The highest BCUT2D eigenvalue weighted by molar-refractivity contribution is 5.83. The van der Waals surface area contributed by atoms with E-state index in [2.05, 4.69) is 86.6 Å². The molecule has 1 nitrogen and oxygen atoms in total. The first kappa shape index (κ1) is 16.3. The third-order valence-electron chi connectivity index (χ3n) is 4.15. The molecule has 0 fully saturated rings. The molecule has 0 saturated heterocycles. The Labute approximate surface area is 144 Å². The zero-order chi connectivity index (χ0) is 16.8. The van der Waals surface area contributed by atoms with E-state index in [0.29, 0.717) is 0 Å². The van der Waals surface area contributed by atoms with Crippen molar-refractivity contribution in [2.75, 3.05) is 6.61 Å². The SMILES string of the molecule is CCCCOc1c(-c2ccccc2)cc(C)cc1-c1ccccc1. The number of rotatable bonds is 6. The standard InChI is InChI=1S/C23H24O/c1-3-4-15-24-23-21(19-11-7-5-8-12-19)16-18(2)17-22(23)20-13-9-6-10-14-20/h5-14,16-17H,3-4,15H2,1-2H3. The summed E-state index contributed by atoms with van der Waals surface area (Å²) in [7, 11) is 0. The Morgan fingerprint density at radius 1 is 0.750 bits per heavy atom. The quantitative estimate of drug-likeness (QED) is 0.471. The van der Waals surface area contributed by atoms with E-state index in [1.807, 2.05) is 0 Å². The fraction of sp³-hybridized carbons (Fsp3) is 0.217. The minimum absolute atomic E-state index is 0.749. The molecule has 0 heterocycles. The molecule has 24 heavy (non-hydrogen) atoms. The van der Waals surface area contributed by atoms with Crippen LogP contribution in [0, 0.1) is 6.92 Å². The van der Waals surface area contributed by atoms with E-state index in [-0.39, 0.29) is 0 Å². The summed E-state index contributed by atoms with van der Waals surface area (Å²) in [5.74, 6) is 0.992. The Morgan fingerprint density at radius 3 is 1.71 bits per heavy atom. The average molecular weight is 316 g/mol. The van der Waals surface area contributed by atoms with E-state index in [1.54, 1.807) is 0 Å². The summed E-state index contributed by atoms with van der Waals surface area (Å²) < 4.78 is 6.27.